The van der Waals surface area contributed by atoms with E-state index < -0.39 is 0 Å². The lowest BCUT2D eigenvalue weighted by atomic mass is 10.1. The molecule has 3 rings (SSSR count). The summed E-state index contributed by atoms with van der Waals surface area (Å²) in [5.41, 5.74) is 5.82. The lowest BCUT2D eigenvalue weighted by Gasteiger charge is -2.29. The fraction of sp³-hybridized carbons (Fsp3) is 0.0435. The minimum absolute atomic E-state index is 0.790. The molecular weight excluding hydrogens is 291 g/mol. The van der Waals surface area contributed by atoms with Gasteiger partial charge < -0.3 is 4.90 Å². The number of benzene rings is 3. The van der Waals surface area contributed by atoms with Crippen LogP contribution in [-0.2, 0) is 0 Å². The van der Waals surface area contributed by atoms with Gasteiger partial charge in [0.25, 0.3) is 0 Å². The molecule has 0 aliphatic heterocycles. The molecule has 3 aromatic rings. The first-order chi connectivity index (χ1) is 12.2. The fourth-order valence-corrected chi connectivity index (χ4v) is 2.63. The van der Waals surface area contributed by atoms with Crippen molar-refractivity contribution in [1.29, 1.82) is 0 Å². The average molecular weight is 313 g/mol. The second kappa shape index (κ2) is 7.01. The zero-order valence-corrected chi connectivity index (χ0v) is 13.8. The van der Waals surface area contributed by atoms with E-state index in [4.69, 9.17) is 1.37 Å². The van der Waals surface area contributed by atoms with Crippen molar-refractivity contribution in [2.24, 2.45) is 0 Å². The topological polar surface area (TPSA) is 3.24 Å². The van der Waals surface area contributed by atoms with Gasteiger partial charge in [-0.25, -0.2) is 0 Å². The van der Waals surface area contributed by atoms with Crippen LogP contribution in [0.2, 0.25) is 0 Å². The molecule has 0 N–H and O–H groups in total. The number of hydrogen-bond acceptors (Lipinski definition) is 1. The van der Waals surface area contributed by atoms with E-state index in [2.05, 4.69) is 37.8 Å². The Bertz CT molecular complexity index is 865. The molecule has 0 atom stereocenters. The summed E-state index contributed by atoms with van der Waals surface area (Å²) >= 11 is 0. The Kier molecular flexibility index (Phi) is 4.24. The molecule has 0 unspecified atom stereocenters. The summed E-state index contributed by atoms with van der Waals surface area (Å²) in [6.45, 7) is 7.78. The molecule has 0 fully saturated rings. The second-order valence-electron chi connectivity index (χ2n) is 5.73. The molecule has 0 saturated heterocycles. The molecule has 0 bridgehead atoms. The molecule has 1 nitrogen and oxygen atoms in total. The van der Waals surface area contributed by atoms with Crippen LogP contribution >= 0.6 is 0 Å². The summed E-state index contributed by atoms with van der Waals surface area (Å²) in [5.74, 6) is 0. The van der Waals surface area contributed by atoms with Crippen molar-refractivity contribution >= 4 is 17.1 Å². The van der Waals surface area contributed by atoms with Crippen molar-refractivity contribution in [2.75, 3.05) is 4.90 Å². The van der Waals surface area contributed by atoms with E-state index in [9.17, 15) is 0 Å². The van der Waals surface area contributed by atoms with Gasteiger partial charge in [-0.15, -0.1) is 0 Å². The molecule has 1 heteroatoms. The molecule has 0 spiro atoms. The van der Waals surface area contributed by atoms with E-state index in [1.54, 1.807) is 0 Å². The van der Waals surface area contributed by atoms with Crippen molar-refractivity contribution in [2.45, 2.75) is 6.92 Å². The van der Waals surface area contributed by atoms with Crippen molar-refractivity contribution < 1.29 is 1.37 Å². The number of anilines is 1. The Labute approximate surface area is 145 Å². The highest BCUT2D eigenvalue weighted by Crippen LogP contribution is 2.33. The van der Waals surface area contributed by atoms with E-state index in [-0.39, 0.29) is 0 Å². The number of aryl methyl sites for hydroxylation is 1. The Balaban J connectivity index is 2.12. The number of rotatable bonds is 5. The van der Waals surface area contributed by atoms with E-state index in [0.717, 1.165) is 28.2 Å². The largest absolute Gasteiger partial charge is 0.310 e. The summed E-state index contributed by atoms with van der Waals surface area (Å²) in [7, 11) is 0. The van der Waals surface area contributed by atoms with Crippen LogP contribution in [-0.4, -0.2) is 0 Å². The first kappa shape index (κ1) is 14.5. The van der Waals surface area contributed by atoms with Gasteiger partial charge in [0.05, 0.1) is 1.37 Å². The molecule has 3 aromatic carbocycles. The monoisotopic (exact) mass is 313 g/mol. The molecule has 0 amide bonds. The maximum Gasteiger partial charge on any atom is 0.0560 e. The van der Waals surface area contributed by atoms with Gasteiger partial charge in [-0.05, 0) is 30.2 Å². The quantitative estimate of drug-likeness (QED) is 0.511. The van der Waals surface area contributed by atoms with E-state index in [1.807, 2.05) is 65.6 Å². The summed E-state index contributed by atoms with van der Waals surface area (Å²) in [5, 5.41) is 0. The Hall–Kier alpha value is -3.06. The number of nitrogens with zero attached hydrogens (tertiary/aromatic N) is 1. The van der Waals surface area contributed by atoms with E-state index in [0.29, 0.717) is 0 Å². The van der Waals surface area contributed by atoms with Crippen LogP contribution in [0.25, 0.3) is 11.4 Å². The van der Waals surface area contributed by atoms with Crippen LogP contribution in [0.3, 0.4) is 0 Å². The molecule has 0 aliphatic rings. The number of hydrogen-bond donors (Lipinski definition) is 0. The lowest BCUT2D eigenvalue weighted by molar-refractivity contribution is 1.30. The van der Waals surface area contributed by atoms with Crippen molar-refractivity contribution in [3.05, 3.63) is 115 Å². The summed E-state index contributed by atoms with van der Waals surface area (Å²) in [4.78, 5) is 2.04. The van der Waals surface area contributed by atoms with Crippen molar-refractivity contribution in [3.8, 4) is 0 Å². The van der Waals surface area contributed by atoms with Gasteiger partial charge in [-0.3, -0.25) is 0 Å². The standard InChI is InChI=1S/C23H21N/c1-18-14-16-23(17-15-18)24(19(2)21-10-6-4-7-11-21)20(3)22-12-8-5-9-13-22/h4-17H,2-3H2,1H3/i2+1D. The Morgan fingerprint density at radius 1 is 0.750 bits per heavy atom. The van der Waals surface area contributed by atoms with Crippen molar-refractivity contribution in [3.63, 3.8) is 0 Å². The second-order valence-corrected chi connectivity index (χ2v) is 5.73. The summed E-state index contributed by atoms with van der Waals surface area (Å²) in [6.07, 6.45) is 0. The first-order valence-electron chi connectivity index (χ1n) is 8.53. The first-order valence-corrected chi connectivity index (χ1v) is 7.96. The highest BCUT2D eigenvalue weighted by Gasteiger charge is 2.16. The maximum atomic E-state index is 8.03. The average Bonchev–Trinajstić information content (AvgIpc) is 2.68. The zero-order valence-electron chi connectivity index (χ0n) is 14.8. The van der Waals surface area contributed by atoms with Gasteiger partial charge in [0.15, 0.2) is 0 Å². The lowest BCUT2D eigenvalue weighted by Crippen LogP contribution is -2.18. The van der Waals surface area contributed by atoms with Gasteiger partial charge >= 0.3 is 0 Å². The SMILES string of the molecule is [2H][13CH]=C(c1ccccc1)N(C(=C)c1ccccc1)c1ccc(C)cc1. The minimum Gasteiger partial charge on any atom is -0.310 e. The van der Waals surface area contributed by atoms with Crippen LogP contribution in [0.15, 0.2) is 98.1 Å². The fourth-order valence-electron chi connectivity index (χ4n) is 2.63. The molecule has 24 heavy (non-hydrogen) atoms. The van der Waals surface area contributed by atoms with E-state index >= 15 is 0 Å². The van der Waals surface area contributed by atoms with Crippen LogP contribution in [0.4, 0.5) is 5.69 Å². The molecule has 0 aromatic heterocycles. The molecule has 0 aliphatic carbocycles. The highest BCUT2D eigenvalue weighted by molar-refractivity contribution is 5.93. The summed E-state index contributed by atoms with van der Waals surface area (Å²) < 4.78 is 8.03. The van der Waals surface area contributed by atoms with Crippen LogP contribution in [0.1, 0.15) is 18.1 Å². The molecule has 0 heterocycles. The molecule has 0 radical (unpaired) electrons. The molecular formula is C23H21N. The Morgan fingerprint density at radius 2 is 1.25 bits per heavy atom. The smallest absolute Gasteiger partial charge is 0.0560 e. The van der Waals surface area contributed by atoms with Crippen molar-refractivity contribution in [1.82, 2.24) is 0 Å². The Morgan fingerprint density at radius 3 is 1.75 bits per heavy atom. The van der Waals surface area contributed by atoms with Crippen LogP contribution in [0.5, 0.6) is 0 Å². The van der Waals surface area contributed by atoms with Gasteiger partial charge in [-0.1, -0.05) is 91.5 Å². The third-order valence-corrected chi connectivity index (χ3v) is 3.98. The zero-order chi connectivity index (χ0) is 17.6. The summed E-state index contributed by atoms with van der Waals surface area (Å²) in [6, 6.07) is 28.3. The highest BCUT2D eigenvalue weighted by atomic mass is 15.2. The maximum absolute atomic E-state index is 8.03. The van der Waals surface area contributed by atoms with Gasteiger partial charge in [-0.2, -0.15) is 0 Å². The predicted octanol–water partition coefficient (Wildman–Crippen LogP) is 6.14. The third kappa shape index (κ3) is 3.31. The van der Waals surface area contributed by atoms with Gasteiger partial charge in [0.2, 0.25) is 0 Å². The van der Waals surface area contributed by atoms with Gasteiger partial charge in [0, 0.05) is 17.1 Å². The molecule has 0 saturated carbocycles. The minimum atomic E-state index is 0.790. The molecule has 118 valence electrons. The van der Waals surface area contributed by atoms with Crippen LogP contribution < -0.4 is 4.90 Å². The predicted molar refractivity (Wildman–Crippen MR) is 105 cm³/mol. The van der Waals surface area contributed by atoms with Gasteiger partial charge in [0.1, 0.15) is 0 Å². The van der Waals surface area contributed by atoms with Crippen LogP contribution in [0, 0.1) is 6.92 Å². The third-order valence-electron chi connectivity index (χ3n) is 3.98. The normalized spacial score (nSPS) is 11.7. The van der Waals surface area contributed by atoms with E-state index in [1.165, 1.54) is 12.1 Å².